The molecule has 10 heteroatoms. The summed E-state index contributed by atoms with van der Waals surface area (Å²) in [6, 6.07) is 7.50. The van der Waals surface area contributed by atoms with Crippen LogP contribution in [0.15, 0.2) is 36.7 Å². The van der Waals surface area contributed by atoms with Crippen LogP contribution in [0.3, 0.4) is 0 Å². The number of carbonyl (C=O) groups excluding carboxylic acids is 1. The first kappa shape index (κ1) is 17.3. The van der Waals surface area contributed by atoms with Gasteiger partial charge in [0.2, 0.25) is 0 Å². The van der Waals surface area contributed by atoms with Crippen molar-refractivity contribution in [3.05, 3.63) is 47.9 Å². The third-order valence-electron chi connectivity index (χ3n) is 4.50. The number of imidazole rings is 1. The molecule has 7 nitrogen and oxygen atoms in total. The van der Waals surface area contributed by atoms with Crippen molar-refractivity contribution in [1.29, 1.82) is 0 Å². The summed E-state index contributed by atoms with van der Waals surface area (Å²) in [7, 11) is 0. The van der Waals surface area contributed by atoms with Gasteiger partial charge in [0.25, 0.3) is 5.91 Å². The number of benzene rings is 1. The van der Waals surface area contributed by atoms with Gasteiger partial charge in [0.05, 0.1) is 17.4 Å². The monoisotopic (exact) mass is 376 g/mol. The average Bonchev–Trinajstić information content (AvgIpc) is 3.15. The number of hydrogen-bond acceptors (Lipinski definition) is 5. The first-order valence-corrected chi connectivity index (χ1v) is 8.30. The number of anilines is 1. The predicted octanol–water partition coefficient (Wildman–Crippen LogP) is 2.33. The van der Waals surface area contributed by atoms with Crippen molar-refractivity contribution in [2.75, 3.05) is 31.1 Å². The highest BCUT2D eigenvalue weighted by molar-refractivity contribution is 5.97. The van der Waals surface area contributed by atoms with Crippen molar-refractivity contribution >= 4 is 22.8 Å². The molecule has 3 aromatic rings. The van der Waals surface area contributed by atoms with Gasteiger partial charge in [0, 0.05) is 31.7 Å². The number of piperazine rings is 1. The Morgan fingerprint density at radius 3 is 2.48 bits per heavy atom. The molecule has 3 heterocycles. The summed E-state index contributed by atoms with van der Waals surface area (Å²) in [6.45, 7) is 1.83. The molecule has 1 amide bonds. The van der Waals surface area contributed by atoms with Crippen molar-refractivity contribution in [2.24, 2.45) is 0 Å². The number of fused-ring (bicyclic) bond motifs is 1. The van der Waals surface area contributed by atoms with Crippen LogP contribution in [0.1, 0.15) is 16.1 Å². The molecule has 1 N–H and O–H groups in total. The van der Waals surface area contributed by atoms with Crippen LogP contribution in [0.4, 0.5) is 19.0 Å². The van der Waals surface area contributed by atoms with E-state index in [0.29, 0.717) is 37.6 Å². The van der Waals surface area contributed by atoms with E-state index in [2.05, 4.69) is 20.2 Å². The molecule has 1 saturated heterocycles. The smallest absolute Gasteiger partial charge is 0.352 e. The minimum absolute atomic E-state index is 0.0929. The minimum Gasteiger partial charge on any atom is -0.352 e. The van der Waals surface area contributed by atoms with Crippen LogP contribution in [0.5, 0.6) is 0 Å². The standard InChI is InChI=1S/C17H15F3N6O/c18-17(19,20)14-3-4-15(24-23-14)25-5-7-26(8-6-25)16(27)11-1-2-12-13(9-11)22-10-21-12/h1-4,9-10H,5-8H2,(H,21,22). The van der Waals surface area contributed by atoms with E-state index in [1.807, 2.05) is 4.90 Å². The summed E-state index contributed by atoms with van der Waals surface area (Å²) < 4.78 is 37.7. The Labute approximate surface area is 151 Å². The zero-order valence-electron chi connectivity index (χ0n) is 14.1. The van der Waals surface area contributed by atoms with Crippen molar-refractivity contribution < 1.29 is 18.0 Å². The summed E-state index contributed by atoms with van der Waals surface area (Å²) in [5.41, 5.74) is 1.13. The zero-order chi connectivity index (χ0) is 19.0. The van der Waals surface area contributed by atoms with Crippen LogP contribution in [-0.4, -0.2) is 57.2 Å². The number of alkyl halides is 3. The molecule has 0 bridgehead atoms. The molecular weight excluding hydrogens is 361 g/mol. The van der Waals surface area contributed by atoms with E-state index in [9.17, 15) is 18.0 Å². The minimum atomic E-state index is -4.51. The van der Waals surface area contributed by atoms with Crippen molar-refractivity contribution in [1.82, 2.24) is 25.1 Å². The number of aromatic amines is 1. The maximum atomic E-state index is 12.7. The van der Waals surface area contributed by atoms with Gasteiger partial charge < -0.3 is 14.8 Å². The molecule has 4 rings (SSSR count). The fourth-order valence-corrected chi connectivity index (χ4v) is 3.03. The number of nitrogens with one attached hydrogen (secondary N) is 1. The Bertz CT molecular complexity index is 961. The average molecular weight is 376 g/mol. The Balaban J connectivity index is 1.41. The van der Waals surface area contributed by atoms with Crippen molar-refractivity contribution in [3.63, 3.8) is 0 Å². The van der Waals surface area contributed by atoms with Crippen molar-refractivity contribution in [3.8, 4) is 0 Å². The van der Waals surface area contributed by atoms with Crippen LogP contribution >= 0.6 is 0 Å². The first-order chi connectivity index (χ1) is 12.9. The number of hydrogen-bond donors (Lipinski definition) is 1. The Morgan fingerprint density at radius 1 is 1.04 bits per heavy atom. The van der Waals surface area contributed by atoms with Crippen LogP contribution < -0.4 is 4.90 Å². The number of halogens is 3. The Morgan fingerprint density at radius 2 is 1.81 bits per heavy atom. The van der Waals surface area contributed by atoms with Crippen LogP contribution in [0, 0.1) is 0 Å². The highest BCUT2D eigenvalue weighted by atomic mass is 19.4. The molecule has 2 aromatic heterocycles. The molecule has 1 aromatic carbocycles. The van der Waals surface area contributed by atoms with E-state index < -0.39 is 11.9 Å². The molecule has 0 aliphatic carbocycles. The van der Waals surface area contributed by atoms with E-state index >= 15 is 0 Å². The zero-order valence-corrected chi connectivity index (χ0v) is 14.1. The summed E-state index contributed by atoms with van der Waals surface area (Å²) in [5, 5.41) is 6.91. The summed E-state index contributed by atoms with van der Waals surface area (Å²) in [5.74, 6) is 0.277. The summed E-state index contributed by atoms with van der Waals surface area (Å²) in [4.78, 5) is 23.3. The first-order valence-electron chi connectivity index (χ1n) is 8.30. The molecular formula is C17H15F3N6O. The quantitative estimate of drug-likeness (QED) is 0.743. The van der Waals surface area contributed by atoms with Gasteiger partial charge >= 0.3 is 6.18 Å². The van der Waals surface area contributed by atoms with Gasteiger partial charge in [0.15, 0.2) is 11.5 Å². The number of rotatable bonds is 2. The molecule has 0 radical (unpaired) electrons. The lowest BCUT2D eigenvalue weighted by Gasteiger charge is -2.35. The second kappa shape index (κ2) is 6.53. The van der Waals surface area contributed by atoms with E-state index in [-0.39, 0.29) is 5.91 Å². The van der Waals surface area contributed by atoms with E-state index in [0.717, 1.165) is 17.1 Å². The number of H-pyrrole nitrogens is 1. The predicted molar refractivity (Wildman–Crippen MR) is 91.2 cm³/mol. The highest BCUT2D eigenvalue weighted by Crippen LogP contribution is 2.27. The van der Waals surface area contributed by atoms with Crippen LogP contribution in [0.2, 0.25) is 0 Å². The number of aromatic nitrogens is 4. The van der Waals surface area contributed by atoms with Gasteiger partial charge in [0.1, 0.15) is 0 Å². The highest BCUT2D eigenvalue weighted by Gasteiger charge is 2.33. The lowest BCUT2D eigenvalue weighted by molar-refractivity contribution is -0.141. The van der Waals surface area contributed by atoms with Gasteiger partial charge in [-0.15, -0.1) is 10.2 Å². The second-order valence-corrected chi connectivity index (χ2v) is 6.19. The molecule has 1 fully saturated rings. The number of carbonyl (C=O) groups is 1. The van der Waals surface area contributed by atoms with Crippen molar-refractivity contribution in [2.45, 2.75) is 6.18 Å². The maximum absolute atomic E-state index is 12.7. The Hall–Kier alpha value is -3.17. The molecule has 0 saturated carbocycles. The number of amides is 1. The number of nitrogens with zero attached hydrogens (tertiary/aromatic N) is 5. The van der Waals surface area contributed by atoms with Gasteiger partial charge in [-0.2, -0.15) is 13.2 Å². The van der Waals surface area contributed by atoms with Gasteiger partial charge in [-0.25, -0.2) is 4.98 Å². The van der Waals surface area contributed by atoms with Gasteiger partial charge in [-0.1, -0.05) is 0 Å². The normalized spacial score (nSPS) is 15.4. The molecule has 0 atom stereocenters. The molecule has 0 unspecified atom stereocenters. The van der Waals surface area contributed by atoms with Crippen LogP contribution in [-0.2, 0) is 6.18 Å². The molecule has 27 heavy (non-hydrogen) atoms. The largest absolute Gasteiger partial charge is 0.435 e. The molecule has 140 valence electrons. The van der Waals surface area contributed by atoms with Gasteiger partial charge in [-0.3, -0.25) is 4.79 Å². The molecule has 0 spiro atoms. The summed E-state index contributed by atoms with van der Waals surface area (Å²) in [6.07, 6.45) is -2.94. The summed E-state index contributed by atoms with van der Waals surface area (Å²) >= 11 is 0. The molecule has 1 aliphatic rings. The fourth-order valence-electron chi connectivity index (χ4n) is 3.03. The van der Waals surface area contributed by atoms with E-state index in [4.69, 9.17) is 0 Å². The SMILES string of the molecule is O=C(c1ccc2nc[nH]c2c1)N1CCN(c2ccc(C(F)(F)F)nn2)CC1. The topological polar surface area (TPSA) is 78.0 Å². The second-order valence-electron chi connectivity index (χ2n) is 6.19. The van der Waals surface area contributed by atoms with E-state index in [1.54, 1.807) is 29.4 Å². The third kappa shape index (κ3) is 3.42. The lowest BCUT2D eigenvalue weighted by Crippen LogP contribution is -2.49. The lowest BCUT2D eigenvalue weighted by atomic mass is 10.1. The maximum Gasteiger partial charge on any atom is 0.435 e. The van der Waals surface area contributed by atoms with Gasteiger partial charge in [-0.05, 0) is 30.3 Å². The molecule has 1 aliphatic heterocycles. The Kier molecular flexibility index (Phi) is 4.17. The third-order valence-corrected chi connectivity index (χ3v) is 4.50. The fraction of sp³-hybridized carbons (Fsp3) is 0.294. The van der Waals surface area contributed by atoms with E-state index in [1.165, 1.54) is 6.07 Å². The van der Waals surface area contributed by atoms with Crippen LogP contribution in [0.25, 0.3) is 11.0 Å².